The lowest BCUT2D eigenvalue weighted by Crippen LogP contribution is -2.36. The van der Waals surface area contributed by atoms with Crippen molar-refractivity contribution in [3.05, 3.63) is 59.7 Å². The second-order valence-electron chi connectivity index (χ2n) is 6.52. The predicted octanol–water partition coefficient (Wildman–Crippen LogP) is 2.19. The largest absolute Gasteiger partial charge is 0.497 e. The zero-order chi connectivity index (χ0) is 19.1. The van der Waals surface area contributed by atoms with Gasteiger partial charge in [0.25, 0.3) is 0 Å². The minimum atomic E-state index is -3.36. The van der Waals surface area contributed by atoms with E-state index in [1.807, 2.05) is 0 Å². The zero-order valence-electron chi connectivity index (χ0n) is 15.6. The van der Waals surface area contributed by atoms with Gasteiger partial charge in [0.15, 0.2) is 0 Å². The van der Waals surface area contributed by atoms with Crippen molar-refractivity contribution in [2.45, 2.75) is 12.2 Å². The first-order valence-electron chi connectivity index (χ1n) is 9.08. The molecule has 146 valence electrons. The van der Waals surface area contributed by atoms with Crippen molar-refractivity contribution in [2.75, 3.05) is 44.9 Å². The molecule has 0 spiro atoms. The number of rotatable bonds is 8. The fourth-order valence-electron chi connectivity index (χ4n) is 3.04. The second-order valence-corrected chi connectivity index (χ2v) is 8.32. The summed E-state index contributed by atoms with van der Waals surface area (Å²) in [5.74, 6) is 0.678. The molecule has 1 N–H and O–H groups in total. The highest BCUT2D eigenvalue weighted by atomic mass is 32.2. The van der Waals surface area contributed by atoms with Gasteiger partial charge < -0.3 is 14.4 Å². The molecule has 0 aromatic heterocycles. The summed E-state index contributed by atoms with van der Waals surface area (Å²) in [4.78, 5) is 2.30. The zero-order valence-corrected chi connectivity index (χ0v) is 16.4. The van der Waals surface area contributed by atoms with Crippen molar-refractivity contribution in [2.24, 2.45) is 0 Å². The molecule has 7 heteroatoms. The molecule has 1 fully saturated rings. The van der Waals surface area contributed by atoms with Crippen molar-refractivity contribution in [1.29, 1.82) is 0 Å². The van der Waals surface area contributed by atoms with Crippen molar-refractivity contribution < 1.29 is 17.9 Å². The summed E-state index contributed by atoms with van der Waals surface area (Å²) in [5, 5.41) is 0. The second kappa shape index (κ2) is 9.21. The summed E-state index contributed by atoms with van der Waals surface area (Å²) in [7, 11) is -1.78. The third kappa shape index (κ3) is 5.95. The van der Waals surface area contributed by atoms with Gasteiger partial charge in [-0.3, -0.25) is 0 Å². The lowest BCUT2D eigenvalue weighted by Gasteiger charge is -2.28. The number of nitrogens with zero attached hydrogens (tertiary/aromatic N) is 1. The van der Waals surface area contributed by atoms with Gasteiger partial charge in [0.05, 0.1) is 26.1 Å². The summed E-state index contributed by atoms with van der Waals surface area (Å²) >= 11 is 0. The highest BCUT2D eigenvalue weighted by Crippen LogP contribution is 2.17. The SMILES string of the molecule is COc1ccc(CS(=O)(=O)NCCc2ccc(N3CCOCC3)cc2)cc1. The van der Waals surface area contributed by atoms with E-state index in [9.17, 15) is 8.42 Å². The average Bonchev–Trinajstić information content (AvgIpc) is 2.69. The summed E-state index contributed by atoms with van der Waals surface area (Å²) in [6.07, 6.45) is 0.658. The van der Waals surface area contributed by atoms with Crippen LogP contribution in [0.4, 0.5) is 5.69 Å². The number of hydrogen-bond acceptors (Lipinski definition) is 5. The number of methoxy groups -OCH3 is 1. The van der Waals surface area contributed by atoms with Crippen LogP contribution in [-0.2, 0) is 26.9 Å². The Morgan fingerprint density at radius 1 is 1.00 bits per heavy atom. The predicted molar refractivity (Wildman–Crippen MR) is 107 cm³/mol. The van der Waals surface area contributed by atoms with E-state index in [1.165, 1.54) is 5.69 Å². The van der Waals surface area contributed by atoms with Gasteiger partial charge in [-0.1, -0.05) is 24.3 Å². The lowest BCUT2D eigenvalue weighted by atomic mass is 10.1. The maximum atomic E-state index is 12.2. The fraction of sp³-hybridized carbons (Fsp3) is 0.400. The molecule has 6 nitrogen and oxygen atoms in total. The average molecular weight is 391 g/mol. The maximum absolute atomic E-state index is 12.2. The number of sulfonamides is 1. The molecule has 0 unspecified atom stereocenters. The van der Waals surface area contributed by atoms with Crippen LogP contribution >= 0.6 is 0 Å². The van der Waals surface area contributed by atoms with Gasteiger partial charge in [-0.05, 0) is 41.8 Å². The Hall–Kier alpha value is -2.09. The van der Waals surface area contributed by atoms with E-state index in [0.717, 1.165) is 37.4 Å². The molecule has 1 heterocycles. The van der Waals surface area contributed by atoms with Crippen molar-refractivity contribution in [3.63, 3.8) is 0 Å². The topological polar surface area (TPSA) is 67.9 Å². The smallest absolute Gasteiger partial charge is 0.215 e. The molecule has 0 saturated carbocycles. The summed E-state index contributed by atoms with van der Waals surface area (Å²) in [6, 6.07) is 15.4. The van der Waals surface area contributed by atoms with Gasteiger partial charge >= 0.3 is 0 Å². The van der Waals surface area contributed by atoms with Crippen LogP contribution in [0.1, 0.15) is 11.1 Å². The van der Waals surface area contributed by atoms with E-state index < -0.39 is 10.0 Å². The number of benzene rings is 2. The van der Waals surface area contributed by atoms with Gasteiger partial charge in [0.2, 0.25) is 10.0 Å². The Labute approximate surface area is 161 Å². The molecular formula is C20H26N2O4S. The van der Waals surface area contributed by atoms with Crippen molar-refractivity contribution in [1.82, 2.24) is 4.72 Å². The van der Waals surface area contributed by atoms with E-state index in [1.54, 1.807) is 31.4 Å². The highest BCUT2D eigenvalue weighted by Gasteiger charge is 2.12. The van der Waals surface area contributed by atoms with Crippen molar-refractivity contribution in [3.8, 4) is 5.75 Å². The molecule has 1 saturated heterocycles. The van der Waals surface area contributed by atoms with E-state index in [0.29, 0.717) is 18.7 Å². The van der Waals surface area contributed by atoms with Gasteiger partial charge in [-0.15, -0.1) is 0 Å². The first-order chi connectivity index (χ1) is 13.1. The minimum Gasteiger partial charge on any atom is -0.497 e. The lowest BCUT2D eigenvalue weighted by molar-refractivity contribution is 0.122. The van der Waals surface area contributed by atoms with Crippen LogP contribution in [0.5, 0.6) is 5.75 Å². The molecule has 3 rings (SSSR count). The molecule has 1 aliphatic heterocycles. The van der Waals surface area contributed by atoms with Crippen molar-refractivity contribution >= 4 is 15.7 Å². The van der Waals surface area contributed by atoms with E-state index in [2.05, 4.69) is 33.9 Å². The van der Waals surface area contributed by atoms with Gasteiger partial charge in [-0.25, -0.2) is 13.1 Å². The summed E-state index contributed by atoms with van der Waals surface area (Å²) < 4.78 is 37.6. The summed E-state index contributed by atoms with van der Waals surface area (Å²) in [5.41, 5.74) is 3.03. The van der Waals surface area contributed by atoms with Crippen LogP contribution in [0.15, 0.2) is 48.5 Å². The Kier molecular flexibility index (Phi) is 6.71. The van der Waals surface area contributed by atoms with Crippen LogP contribution < -0.4 is 14.4 Å². The summed E-state index contributed by atoms with van der Waals surface area (Å²) in [6.45, 7) is 3.72. The van der Waals surface area contributed by atoms with E-state index in [4.69, 9.17) is 9.47 Å². The van der Waals surface area contributed by atoms with Gasteiger partial charge in [-0.2, -0.15) is 0 Å². The number of anilines is 1. The Morgan fingerprint density at radius 2 is 1.63 bits per heavy atom. The molecule has 2 aromatic rings. The Bertz CT molecular complexity index is 814. The monoisotopic (exact) mass is 390 g/mol. The molecule has 0 radical (unpaired) electrons. The molecule has 2 aromatic carbocycles. The molecule has 1 aliphatic rings. The molecule has 0 aliphatic carbocycles. The van der Waals surface area contributed by atoms with Gasteiger partial charge in [0, 0.05) is 25.3 Å². The van der Waals surface area contributed by atoms with Gasteiger partial charge in [0.1, 0.15) is 5.75 Å². The number of morpholine rings is 1. The van der Waals surface area contributed by atoms with E-state index >= 15 is 0 Å². The molecule has 0 atom stereocenters. The Morgan fingerprint density at radius 3 is 2.26 bits per heavy atom. The van der Waals surface area contributed by atoms with Crippen LogP contribution in [0.3, 0.4) is 0 Å². The first kappa shape index (κ1) is 19.7. The van der Waals surface area contributed by atoms with Crippen LogP contribution in [0.25, 0.3) is 0 Å². The molecule has 27 heavy (non-hydrogen) atoms. The quantitative estimate of drug-likeness (QED) is 0.748. The fourth-order valence-corrected chi connectivity index (χ4v) is 4.18. The van der Waals surface area contributed by atoms with E-state index in [-0.39, 0.29) is 5.75 Å². The normalized spacial score (nSPS) is 14.9. The standard InChI is InChI=1S/C20H26N2O4S/c1-25-20-8-4-18(5-9-20)16-27(23,24)21-11-10-17-2-6-19(7-3-17)22-12-14-26-15-13-22/h2-9,21H,10-16H2,1H3. The highest BCUT2D eigenvalue weighted by molar-refractivity contribution is 7.88. The third-order valence-electron chi connectivity index (χ3n) is 4.56. The number of nitrogens with one attached hydrogen (secondary N) is 1. The first-order valence-corrected chi connectivity index (χ1v) is 10.7. The third-order valence-corrected chi connectivity index (χ3v) is 5.92. The van der Waals surface area contributed by atoms with Crippen LogP contribution in [0, 0.1) is 0 Å². The molecule has 0 bridgehead atoms. The Balaban J connectivity index is 1.47. The number of ether oxygens (including phenoxy) is 2. The molecule has 0 amide bonds. The maximum Gasteiger partial charge on any atom is 0.215 e. The minimum absolute atomic E-state index is 0.0348. The molecular weight excluding hydrogens is 364 g/mol. The number of hydrogen-bond donors (Lipinski definition) is 1. The van der Waals surface area contributed by atoms with Crippen LogP contribution in [0.2, 0.25) is 0 Å². The van der Waals surface area contributed by atoms with Crippen LogP contribution in [-0.4, -0.2) is 48.4 Å².